The molecule has 0 aliphatic rings. The Hall–Kier alpha value is -2.34. The van der Waals surface area contributed by atoms with E-state index in [1.165, 1.54) is 0 Å². The maximum absolute atomic E-state index is 12.6. The van der Waals surface area contributed by atoms with E-state index in [-0.39, 0.29) is 17.7 Å². The molecule has 0 spiro atoms. The molecule has 2 N–H and O–H groups in total. The van der Waals surface area contributed by atoms with E-state index < -0.39 is 6.04 Å². The van der Waals surface area contributed by atoms with Crippen molar-refractivity contribution in [2.75, 3.05) is 12.4 Å². The second kappa shape index (κ2) is 8.67. The van der Waals surface area contributed by atoms with Gasteiger partial charge in [0.15, 0.2) is 0 Å². The van der Waals surface area contributed by atoms with Crippen LogP contribution >= 0.6 is 15.9 Å². The highest BCUT2D eigenvalue weighted by molar-refractivity contribution is 9.10. The molecule has 5 nitrogen and oxygen atoms in total. The van der Waals surface area contributed by atoms with Crippen molar-refractivity contribution < 1.29 is 14.3 Å². The number of hydrogen-bond donors (Lipinski definition) is 2. The molecule has 0 aliphatic carbocycles. The molecule has 0 fully saturated rings. The Bertz CT molecular complexity index is 745. The summed E-state index contributed by atoms with van der Waals surface area (Å²) in [6.07, 6.45) is 0. The van der Waals surface area contributed by atoms with Crippen LogP contribution in [0.4, 0.5) is 5.69 Å². The second-order valence-electron chi connectivity index (χ2n) is 5.89. The lowest BCUT2D eigenvalue weighted by Gasteiger charge is -2.22. The number of anilines is 1. The van der Waals surface area contributed by atoms with Gasteiger partial charge in [-0.3, -0.25) is 9.59 Å². The van der Waals surface area contributed by atoms with Crippen molar-refractivity contribution in [1.82, 2.24) is 5.32 Å². The van der Waals surface area contributed by atoms with E-state index in [0.717, 1.165) is 4.47 Å². The van der Waals surface area contributed by atoms with Gasteiger partial charge in [-0.05, 0) is 58.2 Å². The maximum Gasteiger partial charge on any atom is 0.251 e. The zero-order valence-electron chi connectivity index (χ0n) is 14.4. The van der Waals surface area contributed by atoms with Crippen LogP contribution in [0.3, 0.4) is 0 Å². The van der Waals surface area contributed by atoms with E-state index in [9.17, 15) is 9.59 Å². The summed E-state index contributed by atoms with van der Waals surface area (Å²) in [7, 11) is 1.57. The second-order valence-corrected chi connectivity index (χ2v) is 6.75. The number of ether oxygens (including phenoxy) is 1. The average molecular weight is 405 g/mol. The number of hydrogen-bond acceptors (Lipinski definition) is 3. The van der Waals surface area contributed by atoms with Crippen LogP contribution in [0.5, 0.6) is 5.75 Å². The van der Waals surface area contributed by atoms with Crippen LogP contribution in [-0.2, 0) is 4.79 Å². The van der Waals surface area contributed by atoms with E-state index in [4.69, 9.17) is 4.74 Å². The minimum absolute atomic E-state index is 0.0651. The van der Waals surface area contributed by atoms with Gasteiger partial charge < -0.3 is 15.4 Å². The molecule has 0 saturated heterocycles. The predicted molar refractivity (Wildman–Crippen MR) is 102 cm³/mol. The molecule has 6 heteroatoms. The fourth-order valence-corrected chi connectivity index (χ4v) is 2.66. The smallest absolute Gasteiger partial charge is 0.251 e. The fraction of sp³-hybridized carbons (Fsp3) is 0.263. The lowest BCUT2D eigenvalue weighted by Crippen LogP contribution is -2.47. The lowest BCUT2D eigenvalue weighted by molar-refractivity contribution is -0.118. The average Bonchev–Trinajstić information content (AvgIpc) is 2.61. The molecule has 2 rings (SSSR count). The van der Waals surface area contributed by atoms with Gasteiger partial charge >= 0.3 is 0 Å². The van der Waals surface area contributed by atoms with Crippen LogP contribution in [0.1, 0.15) is 24.2 Å². The largest absolute Gasteiger partial charge is 0.497 e. The highest BCUT2D eigenvalue weighted by Gasteiger charge is 2.25. The molecular formula is C19H21BrN2O3. The van der Waals surface area contributed by atoms with Crippen molar-refractivity contribution in [3.05, 3.63) is 58.6 Å². The number of halogens is 1. The van der Waals surface area contributed by atoms with Gasteiger partial charge in [0, 0.05) is 10.0 Å². The Balaban J connectivity index is 2.10. The van der Waals surface area contributed by atoms with Crippen molar-refractivity contribution in [3.63, 3.8) is 0 Å². The summed E-state index contributed by atoms with van der Waals surface area (Å²) < 4.78 is 5.87. The van der Waals surface area contributed by atoms with Crippen molar-refractivity contribution in [2.24, 2.45) is 5.92 Å². The quantitative estimate of drug-likeness (QED) is 0.767. The highest BCUT2D eigenvalue weighted by atomic mass is 79.9. The minimum atomic E-state index is -0.651. The van der Waals surface area contributed by atoms with Crippen LogP contribution in [0.15, 0.2) is 53.0 Å². The Morgan fingerprint density at radius 2 is 1.68 bits per heavy atom. The van der Waals surface area contributed by atoms with Crippen LogP contribution in [-0.4, -0.2) is 25.0 Å². The highest BCUT2D eigenvalue weighted by Crippen LogP contribution is 2.22. The van der Waals surface area contributed by atoms with Crippen molar-refractivity contribution in [2.45, 2.75) is 19.9 Å². The lowest BCUT2D eigenvalue weighted by atomic mass is 10.0. The van der Waals surface area contributed by atoms with Gasteiger partial charge in [0.25, 0.3) is 5.91 Å². The van der Waals surface area contributed by atoms with Crippen LogP contribution < -0.4 is 15.4 Å². The minimum Gasteiger partial charge on any atom is -0.497 e. The van der Waals surface area contributed by atoms with E-state index in [2.05, 4.69) is 26.6 Å². The zero-order valence-corrected chi connectivity index (χ0v) is 16.0. The molecule has 25 heavy (non-hydrogen) atoms. The van der Waals surface area contributed by atoms with Crippen LogP contribution in [0.2, 0.25) is 0 Å². The summed E-state index contributed by atoms with van der Waals surface area (Å²) in [5.74, 6) is 0.0423. The summed E-state index contributed by atoms with van der Waals surface area (Å²) in [6, 6.07) is 13.4. The fourth-order valence-electron chi connectivity index (χ4n) is 2.27. The first-order chi connectivity index (χ1) is 11.9. The molecule has 2 aromatic carbocycles. The third-order valence-corrected chi connectivity index (χ3v) is 4.41. The number of methoxy groups -OCH3 is 1. The number of carbonyl (C=O) groups is 2. The molecule has 0 aliphatic heterocycles. The number of rotatable bonds is 6. The maximum atomic E-state index is 12.6. The number of amides is 2. The number of carbonyl (C=O) groups excluding carboxylic acids is 2. The third kappa shape index (κ3) is 5.06. The molecule has 132 valence electrons. The molecule has 2 amide bonds. The molecule has 0 heterocycles. The molecule has 1 unspecified atom stereocenters. The summed E-state index contributed by atoms with van der Waals surface area (Å²) in [5.41, 5.74) is 1.14. The van der Waals surface area contributed by atoms with Crippen LogP contribution in [0.25, 0.3) is 0 Å². The van der Waals surface area contributed by atoms with Gasteiger partial charge in [0.1, 0.15) is 11.8 Å². The number of para-hydroxylation sites is 1. The third-order valence-electron chi connectivity index (χ3n) is 3.72. The first-order valence-electron chi connectivity index (χ1n) is 7.92. The molecule has 1 atom stereocenters. The number of benzene rings is 2. The van der Waals surface area contributed by atoms with Gasteiger partial charge in [0.2, 0.25) is 5.91 Å². The topological polar surface area (TPSA) is 67.4 Å². The van der Waals surface area contributed by atoms with Crippen LogP contribution in [0, 0.1) is 5.92 Å². The zero-order chi connectivity index (χ0) is 18.4. The van der Waals surface area contributed by atoms with Gasteiger partial charge in [-0.15, -0.1) is 0 Å². The van der Waals surface area contributed by atoms with Gasteiger partial charge in [-0.25, -0.2) is 0 Å². The van der Waals surface area contributed by atoms with Gasteiger partial charge in [-0.2, -0.15) is 0 Å². The molecule has 0 bridgehead atoms. The first kappa shape index (κ1) is 19.0. The molecule has 2 aromatic rings. The Kier molecular flexibility index (Phi) is 6.58. The van der Waals surface area contributed by atoms with Gasteiger partial charge in [0.05, 0.1) is 12.8 Å². The van der Waals surface area contributed by atoms with Gasteiger partial charge in [-0.1, -0.05) is 26.0 Å². The molecule has 0 radical (unpaired) electrons. The Labute approximate surface area is 155 Å². The standard InChI is InChI=1S/C19H21BrN2O3/c1-12(2)17(19(24)21-16-7-5-4-6-15(16)20)22-18(23)13-8-10-14(25-3)11-9-13/h4-12,17H,1-3H3,(H,21,24)(H,22,23). The Morgan fingerprint density at radius 1 is 1.04 bits per heavy atom. The monoisotopic (exact) mass is 404 g/mol. The summed E-state index contributed by atoms with van der Waals surface area (Å²) in [4.78, 5) is 25.0. The van der Waals surface area contributed by atoms with Crippen molar-refractivity contribution in [1.29, 1.82) is 0 Å². The SMILES string of the molecule is COc1ccc(C(=O)NC(C(=O)Nc2ccccc2Br)C(C)C)cc1. The normalized spacial score (nSPS) is 11.7. The van der Waals surface area contributed by atoms with E-state index >= 15 is 0 Å². The van der Waals surface area contributed by atoms with Crippen molar-refractivity contribution >= 4 is 33.4 Å². The molecule has 0 aromatic heterocycles. The summed E-state index contributed by atoms with van der Waals surface area (Å²) in [6.45, 7) is 3.77. The van der Waals surface area contributed by atoms with E-state index in [1.54, 1.807) is 37.4 Å². The molecular weight excluding hydrogens is 384 g/mol. The van der Waals surface area contributed by atoms with Crippen molar-refractivity contribution in [3.8, 4) is 5.75 Å². The van der Waals surface area contributed by atoms with E-state index in [0.29, 0.717) is 17.0 Å². The first-order valence-corrected chi connectivity index (χ1v) is 8.72. The summed E-state index contributed by atoms with van der Waals surface area (Å²) in [5, 5.41) is 5.65. The Morgan fingerprint density at radius 3 is 2.24 bits per heavy atom. The summed E-state index contributed by atoms with van der Waals surface area (Å²) >= 11 is 3.40. The predicted octanol–water partition coefficient (Wildman–Crippen LogP) is 3.85. The number of nitrogens with one attached hydrogen (secondary N) is 2. The van der Waals surface area contributed by atoms with E-state index in [1.807, 2.05) is 32.0 Å². The molecule has 0 saturated carbocycles.